The number of fused-ring (bicyclic) bond motifs is 1. The van der Waals surface area contributed by atoms with Gasteiger partial charge in [-0.3, -0.25) is 4.79 Å². The molecule has 0 radical (unpaired) electrons. The lowest BCUT2D eigenvalue weighted by molar-refractivity contribution is -0.130. The van der Waals surface area contributed by atoms with E-state index in [1.54, 1.807) is 0 Å². The lowest BCUT2D eigenvalue weighted by Crippen LogP contribution is -2.33. The van der Waals surface area contributed by atoms with E-state index in [1.807, 2.05) is 29.3 Å². The van der Waals surface area contributed by atoms with Gasteiger partial charge in [-0.25, -0.2) is 0 Å². The molecule has 20 heavy (non-hydrogen) atoms. The first-order chi connectivity index (χ1) is 9.74. The molecule has 1 amide bonds. The van der Waals surface area contributed by atoms with Crippen molar-refractivity contribution in [2.24, 2.45) is 0 Å². The van der Waals surface area contributed by atoms with E-state index in [2.05, 4.69) is 4.98 Å². The maximum Gasteiger partial charge on any atom is 0.227 e. The van der Waals surface area contributed by atoms with Crippen LogP contribution in [0.5, 0.6) is 0 Å². The highest BCUT2D eigenvalue weighted by atomic mass is 35.5. The van der Waals surface area contributed by atoms with E-state index in [1.165, 1.54) is 12.8 Å². The Labute approximate surface area is 123 Å². The molecule has 2 heterocycles. The number of nitrogens with one attached hydrogen (secondary N) is 1. The Bertz CT molecular complexity index is 612. The summed E-state index contributed by atoms with van der Waals surface area (Å²) < 4.78 is 0. The van der Waals surface area contributed by atoms with E-state index >= 15 is 0 Å². The van der Waals surface area contributed by atoms with Gasteiger partial charge in [-0.2, -0.15) is 0 Å². The molecule has 1 saturated heterocycles. The van der Waals surface area contributed by atoms with Crippen LogP contribution in [0.3, 0.4) is 0 Å². The second kappa shape index (κ2) is 5.88. The van der Waals surface area contributed by atoms with Crippen molar-refractivity contribution in [3.8, 4) is 0 Å². The Morgan fingerprint density at radius 3 is 2.70 bits per heavy atom. The van der Waals surface area contributed by atoms with Gasteiger partial charge < -0.3 is 9.88 Å². The van der Waals surface area contributed by atoms with Crippen molar-refractivity contribution in [3.63, 3.8) is 0 Å². The fraction of sp³-hybridized carbons (Fsp3) is 0.438. The van der Waals surface area contributed by atoms with Gasteiger partial charge in [0.2, 0.25) is 5.91 Å². The monoisotopic (exact) mass is 290 g/mol. The first-order valence-corrected chi connectivity index (χ1v) is 7.65. The molecule has 1 aromatic carbocycles. The summed E-state index contributed by atoms with van der Waals surface area (Å²) in [4.78, 5) is 17.6. The number of benzene rings is 1. The fourth-order valence-corrected chi connectivity index (χ4v) is 3.06. The maximum atomic E-state index is 12.4. The molecule has 0 aliphatic carbocycles. The second-order valence-electron chi connectivity index (χ2n) is 5.48. The zero-order valence-corrected chi connectivity index (χ0v) is 12.2. The van der Waals surface area contributed by atoms with Crippen molar-refractivity contribution >= 4 is 28.4 Å². The Kier molecular flexibility index (Phi) is 3.97. The van der Waals surface area contributed by atoms with Gasteiger partial charge in [0.25, 0.3) is 0 Å². The number of halogens is 1. The average molecular weight is 291 g/mol. The van der Waals surface area contributed by atoms with Crippen LogP contribution in [0.1, 0.15) is 31.2 Å². The highest BCUT2D eigenvalue weighted by Crippen LogP contribution is 2.23. The third-order valence-electron chi connectivity index (χ3n) is 4.03. The number of amides is 1. The van der Waals surface area contributed by atoms with E-state index in [0.29, 0.717) is 11.4 Å². The molecule has 1 aliphatic heterocycles. The van der Waals surface area contributed by atoms with Gasteiger partial charge in [0.05, 0.1) is 6.42 Å². The van der Waals surface area contributed by atoms with Gasteiger partial charge in [0.1, 0.15) is 0 Å². The highest BCUT2D eigenvalue weighted by Gasteiger charge is 2.17. The molecule has 0 unspecified atom stereocenters. The van der Waals surface area contributed by atoms with Crippen LogP contribution in [0.2, 0.25) is 5.02 Å². The van der Waals surface area contributed by atoms with E-state index in [4.69, 9.17) is 11.6 Å². The lowest BCUT2D eigenvalue weighted by atomic mass is 10.1. The Hall–Kier alpha value is -1.48. The maximum absolute atomic E-state index is 12.4. The molecule has 3 rings (SSSR count). The van der Waals surface area contributed by atoms with Crippen LogP contribution in [-0.4, -0.2) is 28.9 Å². The number of nitrogens with zero attached hydrogens (tertiary/aromatic N) is 1. The summed E-state index contributed by atoms with van der Waals surface area (Å²) in [5.74, 6) is 0.229. The number of carbonyl (C=O) groups excluding carboxylic acids is 1. The smallest absolute Gasteiger partial charge is 0.227 e. The van der Waals surface area contributed by atoms with Gasteiger partial charge >= 0.3 is 0 Å². The molecule has 0 saturated carbocycles. The number of aromatic nitrogens is 1. The Morgan fingerprint density at radius 1 is 1.20 bits per heavy atom. The van der Waals surface area contributed by atoms with Gasteiger partial charge in [-0.05, 0) is 36.6 Å². The van der Waals surface area contributed by atoms with E-state index in [0.717, 1.165) is 42.4 Å². The van der Waals surface area contributed by atoms with Crippen LogP contribution in [-0.2, 0) is 11.2 Å². The molecule has 1 fully saturated rings. The summed E-state index contributed by atoms with van der Waals surface area (Å²) in [5, 5.41) is 1.77. The van der Waals surface area contributed by atoms with Crippen molar-refractivity contribution < 1.29 is 4.79 Å². The molecule has 0 bridgehead atoms. The number of carbonyl (C=O) groups is 1. The first-order valence-electron chi connectivity index (χ1n) is 7.27. The highest BCUT2D eigenvalue weighted by molar-refractivity contribution is 6.31. The number of H-pyrrole nitrogens is 1. The number of hydrogen-bond acceptors (Lipinski definition) is 1. The molecule has 0 atom stereocenters. The molecular formula is C16H19ClN2O. The summed E-state index contributed by atoms with van der Waals surface area (Å²) in [5.41, 5.74) is 2.07. The minimum Gasteiger partial charge on any atom is -0.361 e. The largest absolute Gasteiger partial charge is 0.361 e. The number of aromatic amines is 1. The van der Waals surface area contributed by atoms with Gasteiger partial charge in [-0.1, -0.05) is 24.4 Å². The quantitative estimate of drug-likeness (QED) is 0.898. The number of rotatable bonds is 2. The summed E-state index contributed by atoms with van der Waals surface area (Å²) >= 11 is 6.05. The molecule has 1 aliphatic rings. The minimum atomic E-state index is 0.229. The predicted molar refractivity (Wildman–Crippen MR) is 82.1 cm³/mol. The summed E-state index contributed by atoms with van der Waals surface area (Å²) in [6.07, 6.45) is 7.13. The second-order valence-corrected chi connectivity index (χ2v) is 5.91. The third kappa shape index (κ3) is 2.83. The van der Waals surface area contributed by atoms with E-state index in [9.17, 15) is 4.79 Å². The number of hydrogen-bond donors (Lipinski definition) is 1. The standard InChI is InChI=1S/C16H19ClN2O/c17-13-5-6-15-14(10-13)12(11-18-15)9-16(20)19-7-3-1-2-4-8-19/h5-6,10-11,18H,1-4,7-9H2. The minimum absolute atomic E-state index is 0.229. The average Bonchev–Trinajstić information content (AvgIpc) is 2.67. The van der Waals surface area contributed by atoms with Crippen molar-refractivity contribution in [1.82, 2.24) is 9.88 Å². The van der Waals surface area contributed by atoms with Crippen molar-refractivity contribution in [2.75, 3.05) is 13.1 Å². The Morgan fingerprint density at radius 2 is 1.95 bits per heavy atom. The van der Waals surface area contributed by atoms with Crippen molar-refractivity contribution in [1.29, 1.82) is 0 Å². The fourth-order valence-electron chi connectivity index (χ4n) is 2.89. The van der Waals surface area contributed by atoms with Gasteiger partial charge in [0, 0.05) is 35.2 Å². The predicted octanol–water partition coefficient (Wildman–Crippen LogP) is 3.77. The molecule has 2 aromatic rings. The van der Waals surface area contributed by atoms with E-state index < -0.39 is 0 Å². The summed E-state index contributed by atoms with van der Waals surface area (Å²) in [6, 6.07) is 5.75. The summed E-state index contributed by atoms with van der Waals surface area (Å²) in [6.45, 7) is 1.81. The normalized spacial score (nSPS) is 16.4. The third-order valence-corrected chi connectivity index (χ3v) is 4.27. The van der Waals surface area contributed by atoms with Crippen LogP contribution >= 0.6 is 11.6 Å². The molecule has 3 nitrogen and oxygen atoms in total. The Balaban J connectivity index is 1.78. The molecule has 0 spiro atoms. The van der Waals surface area contributed by atoms with Crippen LogP contribution in [0, 0.1) is 0 Å². The molecule has 4 heteroatoms. The SMILES string of the molecule is O=C(Cc1c[nH]c2ccc(Cl)cc12)N1CCCCCC1. The van der Waals surface area contributed by atoms with Crippen LogP contribution in [0.15, 0.2) is 24.4 Å². The molecular weight excluding hydrogens is 272 g/mol. The van der Waals surface area contributed by atoms with Crippen molar-refractivity contribution in [2.45, 2.75) is 32.1 Å². The van der Waals surface area contributed by atoms with Gasteiger partial charge in [0.15, 0.2) is 0 Å². The molecule has 1 N–H and O–H groups in total. The summed E-state index contributed by atoms with van der Waals surface area (Å²) in [7, 11) is 0. The zero-order valence-electron chi connectivity index (χ0n) is 11.5. The van der Waals surface area contributed by atoms with Gasteiger partial charge in [-0.15, -0.1) is 0 Å². The van der Waals surface area contributed by atoms with Crippen LogP contribution in [0.4, 0.5) is 0 Å². The van der Waals surface area contributed by atoms with Crippen LogP contribution in [0.25, 0.3) is 10.9 Å². The lowest BCUT2D eigenvalue weighted by Gasteiger charge is -2.20. The van der Waals surface area contributed by atoms with Crippen molar-refractivity contribution in [3.05, 3.63) is 35.0 Å². The number of likely N-dealkylation sites (tertiary alicyclic amines) is 1. The molecule has 106 valence electrons. The van der Waals surface area contributed by atoms with E-state index in [-0.39, 0.29) is 5.91 Å². The zero-order chi connectivity index (χ0) is 13.9. The van der Waals surface area contributed by atoms with Crippen LogP contribution < -0.4 is 0 Å². The topological polar surface area (TPSA) is 36.1 Å². The first kappa shape index (κ1) is 13.5. The molecule has 1 aromatic heterocycles.